The third-order valence-corrected chi connectivity index (χ3v) is 3.96. The summed E-state index contributed by atoms with van der Waals surface area (Å²) < 4.78 is 0. The van der Waals surface area contributed by atoms with E-state index in [4.69, 9.17) is 11.6 Å². The molecule has 1 heterocycles. The number of hydrogen-bond acceptors (Lipinski definition) is 1. The molecule has 0 bridgehead atoms. The highest BCUT2D eigenvalue weighted by Crippen LogP contribution is 2.27. The normalized spacial score (nSPS) is 16.7. The Morgan fingerprint density at radius 1 is 1.33 bits per heavy atom. The molecule has 0 spiro atoms. The standard InChI is InChI=1S/C14H19ClN2O/c1-11(12-7-3-4-8-13(12)15)16(2)14(18)17-9-5-6-10-17/h3-4,7-8,11H,5-6,9-10H2,1-2H3. The number of amides is 2. The molecule has 0 aromatic heterocycles. The Morgan fingerprint density at radius 3 is 2.56 bits per heavy atom. The Bertz CT molecular complexity index is 430. The van der Waals surface area contributed by atoms with Gasteiger partial charge in [0.2, 0.25) is 0 Å². The van der Waals surface area contributed by atoms with Gasteiger partial charge in [0.1, 0.15) is 0 Å². The molecule has 1 saturated heterocycles. The Kier molecular flexibility index (Phi) is 4.12. The van der Waals surface area contributed by atoms with Crippen molar-refractivity contribution in [2.45, 2.75) is 25.8 Å². The van der Waals surface area contributed by atoms with Crippen LogP contribution < -0.4 is 0 Å². The van der Waals surface area contributed by atoms with Crippen LogP contribution in [0.4, 0.5) is 4.79 Å². The van der Waals surface area contributed by atoms with E-state index in [1.54, 1.807) is 4.90 Å². The Hall–Kier alpha value is -1.22. The monoisotopic (exact) mass is 266 g/mol. The average Bonchev–Trinajstić information content (AvgIpc) is 2.90. The maximum Gasteiger partial charge on any atom is 0.320 e. The van der Waals surface area contributed by atoms with Gasteiger partial charge < -0.3 is 9.80 Å². The summed E-state index contributed by atoms with van der Waals surface area (Å²) >= 11 is 6.18. The van der Waals surface area contributed by atoms with Crippen molar-refractivity contribution in [3.8, 4) is 0 Å². The lowest BCUT2D eigenvalue weighted by molar-refractivity contribution is 0.159. The third-order valence-electron chi connectivity index (χ3n) is 3.61. The lowest BCUT2D eigenvalue weighted by Crippen LogP contribution is -2.40. The number of rotatable bonds is 2. The molecule has 1 fully saturated rings. The van der Waals surface area contributed by atoms with Crippen LogP contribution in [0.15, 0.2) is 24.3 Å². The van der Waals surface area contributed by atoms with E-state index in [1.165, 1.54) is 0 Å². The summed E-state index contributed by atoms with van der Waals surface area (Å²) in [5, 5.41) is 0.714. The first-order valence-electron chi connectivity index (χ1n) is 6.37. The van der Waals surface area contributed by atoms with Crippen molar-refractivity contribution < 1.29 is 4.79 Å². The van der Waals surface area contributed by atoms with Crippen molar-refractivity contribution in [1.29, 1.82) is 0 Å². The maximum absolute atomic E-state index is 12.3. The van der Waals surface area contributed by atoms with Gasteiger partial charge in [-0.1, -0.05) is 29.8 Å². The van der Waals surface area contributed by atoms with Crippen LogP contribution in [-0.2, 0) is 0 Å². The fraction of sp³-hybridized carbons (Fsp3) is 0.500. The van der Waals surface area contributed by atoms with Crippen LogP contribution in [0, 0.1) is 0 Å². The number of urea groups is 1. The van der Waals surface area contributed by atoms with Gasteiger partial charge >= 0.3 is 6.03 Å². The lowest BCUT2D eigenvalue weighted by Gasteiger charge is -2.30. The summed E-state index contributed by atoms with van der Waals surface area (Å²) in [7, 11) is 1.84. The van der Waals surface area contributed by atoms with Crippen LogP contribution in [-0.4, -0.2) is 36.0 Å². The summed E-state index contributed by atoms with van der Waals surface area (Å²) in [5.41, 5.74) is 0.995. The number of carbonyl (C=O) groups is 1. The molecule has 18 heavy (non-hydrogen) atoms. The highest BCUT2D eigenvalue weighted by Gasteiger charge is 2.25. The van der Waals surface area contributed by atoms with Gasteiger partial charge in [0, 0.05) is 25.2 Å². The molecular formula is C14H19ClN2O. The second-order valence-electron chi connectivity index (χ2n) is 4.79. The van der Waals surface area contributed by atoms with Crippen LogP contribution in [0.25, 0.3) is 0 Å². The molecule has 1 aromatic rings. The Morgan fingerprint density at radius 2 is 1.94 bits per heavy atom. The highest BCUT2D eigenvalue weighted by atomic mass is 35.5. The van der Waals surface area contributed by atoms with Crippen LogP contribution >= 0.6 is 11.6 Å². The van der Waals surface area contributed by atoms with E-state index in [1.807, 2.05) is 43.1 Å². The molecule has 1 atom stereocenters. The first kappa shape index (κ1) is 13.2. The molecule has 3 nitrogen and oxygen atoms in total. The molecule has 2 rings (SSSR count). The van der Waals surface area contributed by atoms with Crippen molar-refractivity contribution >= 4 is 17.6 Å². The second kappa shape index (κ2) is 5.61. The van der Waals surface area contributed by atoms with Gasteiger partial charge in [-0.05, 0) is 31.4 Å². The number of likely N-dealkylation sites (tertiary alicyclic amines) is 1. The van der Waals surface area contributed by atoms with E-state index in [0.29, 0.717) is 5.02 Å². The quantitative estimate of drug-likeness (QED) is 0.803. The van der Waals surface area contributed by atoms with E-state index in [-0.39, 0.29) is 12.1 Å². The first-order valence-corrected chi connectivity index (χ1v) is 6.75. The van der Waals surface area contributed by atoms with Crippen LogP contribution in [0.5, 0.6) is 0 Å². The fourth-order valence-corrected chi connectivity index (χ4v) is 2.61. The minimum atomic E-state index is -0.00759. The molecule has 98 valence electrons. The van der Waals surface area contributed by atoms with Crippen molar-refractivity contribution in [3.05, 3.63) is 34.9 Å². The van der Waals surface area contributed by atoms with E-state index < -0.39 is 0 Å². The van der Waals surface area contributed by atoms with Gasteiger partial charge in [-0.25, -0.2) is 4.79 Å². The summed E-state index contributed by atoms with van der Waals surface area (Å²) in [6.07, 6.45) is 2.22. The largest absolute Gasteiger partial charge is 0.325 e. The van der Waals surface area contributed by atoms with Crippen molar-refractivity contribution in [2.24, 2.45) is 0 Å². The molecule has 0 radical (unpaired) electrons. The predicted molar refractivity (Wildman–Crippen MR) is 73.8 cm³/mol. The minimum Gasteiger partial charge on any atom is -0.325 e. The van der Waals surface area contributed by atoms with Crippen LogP contribution in [0.2, 0.25) is 5.02 Å². The molecule has 1 aliphatic rings. The van der Waals surface area contributed by atoms with E-state index in [2.05, 4.69) is 0 Å². The molecule has 4 heteroatoms. The summed E-state index contributed by atoms with van der Waals surface area (Å²) in [6, 6.07) is 7.78. The molecule has 1 aliphatic heterocycles. The Balaban J connectivity index is 2.10. The zero-order chi connectivity index (χ0) is 13.1. The van der Waals surface area contributed by atoms with Crippen LogP contribution in [0.3, 0.4) is 0 Å². The highest BCUT2D eigenvalue weighted by molar-refractivity contribution is 6.31. The van der Waals surface area contributed by atoms with Gasteiger partial charge in [0.25, 0.3) is 0 Å². The van der Waals surface area contributed by atoms with Crippen molar-refractivity contribution in [2.75, 3.05) is 20.1 Å². The number of benzene rings is 1. The molecule has 0 N–H and O–H groups in total. The predicted octanol–water partition coefficient (Wildman–Crippen LogP) is 3.55. The molecule has 2 amide bonds. The summed E-state index contributed by atoms with van der Waals surface area (Å²) in [4.78, 5) is 16.0. The summed E-state index contributed by atoms with van der Waals surface area (Å²) in [6.45, 7) is 3.76. The number of carbonyl (C=O) groups excluding carboxylic acids is 1. The molecule has 1 unspecified atom stereocenters. The second-order valence-corrected chi connectivity index (χ2v) is 5.19. The van der Waals surface area contributed by atoms with Crippen molar-refractivity contribution in [1.82, 2.24) is 9.80 Å². The molecule has 1 aromatic carbocycles. The van der Waals surface area contributed by atoms with Crippen LogP contribution in [0.1, 0.15) is 31.4 Å². The minimum absolute atomic E-state index is 0.00759. The molecule has 0 saturated carbocycles. The van der Waals surface area contributed by atoms with Gasteiger partial charge in [-0.2, -0.15) is 0 Å². The average molecular weight is 267 g/mol. The Labute approximate surface area is 113 Å². The SMILES string of the molecule is CC(c1ccccc1Cl)N(C)C(=O)N1CCCC1. The zero-order valence-corrected chi connectivity index (χ0v) is 11.7. The molecule has 0 aliphatic carbocycles. The number of hydrogen-bond donors (Lipinski definition) is 0. The van der Waals surface area contributed by atoms with Gasteiger partial charge in [0.05, 0.1) is 6.04 Å². The van der Waals surface area contributed by atoms with E-state index >= 15 is 0 Å². The number of nitrogens with zero attached hydrogens (tertiary/aromatic N) is 2. The van der Waals surface area contributed by atoms with E-state index in [0.717, 1.165) is 31.5 Å². The van der Waals surface area contributed by atoms with Gasteiger partial charge in [-0.15, -0.1) is 0 Å². The van der Waals surface area contributed by atoms with E-state index in [9.17, 15) is 4.79 Å². The maximum atomic E-state index is 12.3. The third kappa shape index (κ3) is 2.61. The topological polar surface area (TPSA) is 23.6 Å². The fourth-order valence-electron chi connectivity index (χ4n) is 2.32. The first-order chi connectivity index (χ1) is 8.61. The van der Waals surface area contributed by atoms with Gasteiger partial charge in [-0.3, -0.25) is 0 Å². The number of halogens is 1. The lowest BCUT2D eigenvalue weighted by atomic mass is 10.1. The smallest absolute Gasteiger partial charge is 0.320 e. The van der Waals surface area contributed by atoms with Gasteiger partial charge in [0.15, 0.2) is 0 Å². The zero-order valence-electron chi connectivity index (χ0n) is 10.9. The van der Waals surface area contributed by atoms with Crippen molar-refractivity contribution in [3.63, 3.8) is 0 Å². The summed E-state index contributed by atoms with van der Waals surface area (Å²) in [5.74, 6) is 0. The molecular weight excluding hydrogens is 248 g/mol.